The van der Waals surface area contributed by atoms with Gasteiger partial charge in [0.15, 0.2) is 0 Å². The first kappa shape index (κ1) is 12.2. The fourth-order valence-corrected chi connectivity index (χ4v) is 2.08. The molecule has 84 valence electrons. The smallest absolute Gasteiger partial charge is 0.0668 e. The highest BCUT2D eigenvalue weighted by Gasteiger charge is 2.28. The van der Waals surface area contributed by atoms with Crippen LogP contribution in [0.15, 0.2) is 30.3 Å². The molecule has 15 heavy (non-hydrogen) atoms. The Bertz CT molecular complexity index is 265. The average Bonchev–Trinajstić information content (AvgIpc) is 2.30. The van der Waals surface area contributed by atoms with Gasteiger partial charge >= 0.3 is 0 Å². The van der Waals surface area contributed by atoms with Gasteiger partial charge in [-0.25, -0.2) is 0 Å². The first-order valence-corrected chi connectivity index (χ1v) is 5.70. The Kier molecular flexibility index (Phi) is 4.79. The van der Waals surface area contributed by atoms with E-state index in [4.69, 9.17) is 0 Å². The van der Waals surface area contributed by atoms with Crippen molar-refractivity contribution in [1.82, 2.24) is 5.32 Å². The average molecular weight is 207 g/mol. The molecule has 0 saturated heterocycles. The summed E-state index contributed by atoms with van der Waals surface area (Å²) < 4.78 is 0. The third-order valence-electron chi connectivity index (χ3n) is 2.79. The fraction of sp³-hybridized carbons (Fsp3) is 0.538. The zero-order valence-electron chi connectivity index (χ0n) is 9.66. The molecule has 2 N–H and O–H groups in total. The molecule has 2 nitrogen and oxygen atoms in total. The van der Waals surface area contributed by atoms with Crippen LogP contribution in [0.3, 0.4) is 0 Å². The highest BCUT2D eigenvalue weighted by Crippen LogP contribution is 2.25. The second-order valence-corrected chi connectivity index (χ2v) is 3.89. The zero-order chi connectivity index (χ0) is 11.1. The summed E-state index contributed by atoms with van der Waals surface area (Å²) in [5.41, 5.74) is 0.918. The van der Waals surface area contributed by atoms with Crippen molar-refractivity contribution in [1.29, 1.82) is 0 Å². The van der Waals surface area contributed by atoms with E-state index in [0.717, 1.165) is 19.4 Å². The van der Waals surface area contributed by atoms with Gasteiger partial charge in [0.25, 0.3) is 0 Å². The van der Waals surface area contributed by atoms with Crippen LogP contribution in [0.2, 0.25) is 0 Å². The van der Waals surface area contributed by atoms with E-state index in [1.54, 1.807) is 0 Å². The van der Waals surface area contributed by atoms with Gasteiger partial charge in [0, 0.05) is 0 Å². The number of hydrogen-bond donors (Lipinski definition) is 2. The number of benzene rings is 1. The van der Waals surface area contributed by atoms with Gasteiger partial charge < -0.3 is 10.4 Å². The number of aliphatic hydroxyl groups excluding tert-OH is 1. The Morgan fingerprint density at radius 3 is 2.33 bits per heavy atom. The van der Waals surface area contributed by atoms with Gasteiger partial charge in [-0.05, 0) is 18.5 Å². The third kappa shape index (κ3) is 2.80. The van der Waals surface area contributed by atoms with Crippen molar-refractivity contribution in [2.45, 2.75) is 32.2 Å². The van der Waals surface area contributed by atoms with Crippen LogP contribution in [-0.2, 0) is 5.54 Å². The quantitative estimate of drug-likeness (QED) is 0.750. The maximum absolute atomic E-state index is 9.63. The lowest BCUT2D eigenvalue weighted by atomic mass is 9.86. The highest BCUT2D eigenvalue weighted by molar-refractivity contribution is 5.24. The lowest BCUT2D eigenvalue weighted by Crippen LogP contribution is -2.45. The van der Waals surface area contributed by atoms with Crippen LogP contribution >= 0.6 is 0 Å². The van der Waals surface area contributed by atoms with Crippen molar-refractivity contribution in [3.05, 3.63) is 35.9 Å². The van der Waals surface area contributed by atoms with Crippen molar-refractivity contribution in [3.8, 4) is 0 Å². The molecule has 1 aromatic rings. The summed E-state index contributed by atoms with van der Waals surface area (Å²) in [6.07, 6.45) is 2.02. The molecule has 0 spiro atoms. The Morgan fingerprint density at radius 2 is 1.87 bits per heavy atom. The Balaban J connectivity index is 2.97. The number of nitrogens with one attached hydrogen (secondary N) is 1. The molecule has 0 radical (unpaired) electrons. The molecule has 0 aromatic heterocycles. The minimum absolute atomic E-state index is 0.151. The predicted octanol–water partition coefficient (Wildman–Crippen LogP) is 2.28. The summed E-state index contributed by atoms with van der Waals surface area (Å²) in [7, 11) is 0. The van der Waals surface area contributed by atoms with Crippen LogP contribution in [0.4, 0.5) is 0 Å². The van der Waals surface area contributed by atoms with Gasteiger partial charge in [0.2, 0.25) is 0 Å². The lowest BCUT2D eigenvalue weighted by molar-refractivity contribution is 0.152. The summed E-state index contributed by atoms with van der Waals surface area (Å²) in [4.78, 5) is 0. The number of aliphatic hydroxyl groups is 1. The number of rotatable bonds is 6. The van der Waals surface area contributed by atoms with E-state index in [1.807, 2.05) is 18.2 Å². The summed E-state index contributed by atoms with van der Waals surface area (Å²) >= 11 is 0. The van der Waals surface area contributed by atoms with E-state index >= 15 is 0 Å². The van der Waals surface area contributed by atoms with Crippen LogP contribution < -0.4 is 5.32 Å². The fourth-order valence-electron chi connectivity index (χ4n) is 2.08. The van der Waals surface area contributed by atoms with E-state index in [1.165, 1.54) is 5.56 Å². The van der Waals surface area contributed by atoms with Gasteiger partial charge in [-0.2, -0.15) is 0 Å². The van der Waals surface area contributed by atoms with Crippen molar-refractivity contribution in [2.24, 2.45) is 0 Å². The predicted molar refractivity (Wildman–Crippen MR) is 63.8 cm³/mol. The molecule has 1 aromatic carbocycles. The molecule has 0 fully saturated rings. The topological polar surface area (TPSA) is 32.3 Å². The molecule has 0 heterocycles. The molecule has 0 aliphatic heterocycles. The van der Waals surface area contributed by atoms with E-state index in [0.29, 0.717) is 0 Å². The summed E-state index contributed by atoms with van der Waals surface area (Å²) in [6.45, 7) is 5.24. The van der Waals surface area contributed by atoms with E-state index in [2.05, 4.69) is 31.3 Å². The molecule has 1 rings (SSSR count). The molecular formula is C13H21NO. The first-order valence-electron chi connectivity index (χ1n) is 5.70. The summed E-state index contributed by atoms with van der Waals surface area (Å²) in [5.74, 6) is 0. The second-order valence-electron chi connectivity index (χ2n) is 3.89. The molecular weight excluding hydrogens is 186 g/mol. The van der Waals surface area contributed by atoms with Crippen LogP contribution in [0, 0.1) is 0 Å². The van der Waals surface area contributed by atoms with E-state index in [9.17, 15) is 5.11 Å². The van der Waals surface area contributed by atoms with Gasteiger partial charge in [-0.1, -0.05) is 50.6 Å². The summed E-state index contributed by atoms with van der Waals surface area (Å²) in [6, 6.07) is 10.2. The largest absolute Gasteiger partial charge is 0.394 e. The number of hydrogen-bond acceptors (Lipinski definition) is 2. The maximum atomic E-state index is 9.63. The molecule has 1 unspecified atom stereocenters. The summed E-state index contributed by atoms with van der Waals surface area (Å²) in [5, 5.41) is 13.0. The van der Waals surface area contributed by atoms with Gasteiger partial charge in [-0.3, -0.25) is 0 Å². The highest BCUT2D eigenvalue weighted by atomic mass is 16.3. The SMILES string of the molecule is CCCC(CO)(NCC)c1ccccc1. The van der Waals surface area contributed by atoms with Crippen LogP contribution in [0.5, 0.6) is 0 Å². The minimum Gasteiger partial charge on any atom is -0.394 e. The molecule has 0 saturated carbocycles. The van der Waals surface area contributed by atoms with E-state index < -0.39 is 0 Å². The Labute approximate surface area is 92.3 Å². The normalized spacial score (nSPS) is 14.9. The molecule has 2 heteroatoms. The van der Waals surface area contributed by atoms with Crippen molar-refractivity contribution in [3.63, 3.8) is 0 Å². The van der Waals surface area contributed by atoms with Gasteiger partial charge in [0.05, 0.1) is 12.1 Å². The molecule has 0 aliphatic rings. The van der Waals surface area contributed by atoms with Crippen LogP contribution in [0.1, 0.15) is 32.3 Å². The maximum Gasteiger partial charge on any atom is 0.0668 e. The van der Waals surface area contributed by atoms with Crippen molar-refractivity contribution >= 4 is 0 Å². The third-order valence-corrected chi connectivity index (χ3v) is 2.79. The first-order chi connectivity index (χ1) is 7.29. The van der Waals surface area contributed by atoms with E-state index in [-0.39, 0.29) is 12.1 Å². The molecule has 0 bridgehead atoms. The lowest BCUT2D eigenvalue weighted by Gasteiger charge is -2.33. The van der Waals surface area contributed by atoms with Crippen molar-refractivity contribution in [2.75, 3.05) is 13.2 Å². The molecule has 0 amide bonds. The Hall–Kier alpha value is -0.860. The number of likely N-dealkylation sites (N-methyl/N-ethyl adjacent to an activating group) is 1. The van der Waals surface area contributed by atoms with Crippen LogP contribution in [0.25, 0.3) is 0 Å². The minimum atomic E-state index is -0.259. The second kappa shape index (κ2) is 5.89. The van der Waals surface area contributed by atoms with Gasteiger partial charge in [0.1, 0.15) is 0 Å². The molecule has 1 atom stereocenters. The van der Waals surface area contributed by atoms with Crippen molar-refractivity contribution < 1.29 is 5.11 Å². The van der Waals surface area contributed by atoms with Crippen LogP contribution in [-0.4, -0.2) is 18.3 Å². The standard InChI is InChI=1S/C13H21NO/c1-3-10-13(11-15,14-4-2)12-8-6-5-7-9-12/h5-9,14-15H,3-4,10-11H2,1-2H3. The van der Waals surface area contributed by atoms with Gasteiger partial charge in [-0.15, -0.1) is 0 Å². The molecule has 0 aliphatic carbocycles. The zero-order valence-corrected chi connectivity index (χ0v) is 9.66. The Morgan fingerprint density at radius 1 is 1.20 bits per heavy atom. The monoisotopic (exact) mass is 207 g/mol.